The smallest absolute Gasteiger partial charge is 0.243 e. The molecule has 0 unspecified atom stereocenters. The second kappa shape index (κ2) is 12.1. The molecule has 0 heterocycles. The first kappa shape index (κ1) is 25.1. The van der Waals surface area contributed by atoms with Crippen LogP contribution in [-0.2, 0) is 27.7 Å². The third-order valence-electron chi connectivity index (χ3n) is 5.38. The summed E-state index contributed by atoms with van der Waals surface area (Å²) in [6.45, 7) is 1.94. The molecule has 0 aliphatic rings. The summed E-state index contributed by atoms with van der Waals surface area (Å²) in [5.41, 5.74) is 2.23. The third kappa shape index (κ3) is 7.81. The molecule has 3 rings (SSSR count). The summed E-state index contributed by atoms with van der Waals surface area (Å²) < 4.78 is 28.7. The maximum absolute atomic E-state index is 13.3. The zero-order valence-electron chi connectivity index (χ0n) is 18.7. The van der Waals surface area contributed by atoms with Crippen LogP contribution in [0.3, 0.4) is 0 Å². The van der Waals surface area contributed by atoms with Crippen molar-refractivity contribution in [2.45, 2.75) is 37.1 Å². The number of benzene rings is 3. The van der Waals surface area contributed by atoms with Crippen LogP contribution in [0.1, 0.15) is 24.5 Å². The van der Waals surface area contributed by atoms with Crippen molar-refractivity contribution in [1.29, 1.82) is 0 Å². The number of aryl methyl sites for hydroxylation is 1. The molecule has 0 aliphatic carbocycles. The molecule has 1 amide bonds. The predicted octanol–water partition coefficient (Wildman–Crippen LogP) is 4.82. The maximum atomic E-state index is 13.3. The normalized spacial score (nSPS) is 12.5. The molecular weight excluding hydrogens is 500 g/mol. The highest BCUT2D eigenvalue weighted by Crippen LogP contribution is 2.19. The highest BCUT2D eigenvalue weighted by Gasteiger charge is 2.27. The average molecular weight is 530 g/mol. The molecule has 0 bridgehead atoms. The number of nitrogens with zero attached hydrogens (tertiary/aromatic N) is 1. The first-order chi connectivity index (χ1) is 15.8. The van der Waals surface area contributed by atoms with Crippen LogP contribution in [0.4, 0.5) is 0 Å². The zero-order valence-corrected chi connectivity index (χ0v) is 21.1. The van der Waals surface area contributed by atoms with Gasteiger partial charge in [0.2, 0.25) is 15.9 Å². The SMILES string of the molecule is C[C@H](CCc1ccccc1)NC(=O)CN(CCc1ccccc1)S(=O)(=O)c1ccc(Br)cc1. The summed E-state index contributed by atoms with van der Waals surface area (Å²) in [5, 5.41) is 2.96. The molecule has 0 aromatic heterocycles. The largest absolute Gasteiger partial charge is 0.352 e. The van der Waals surface area contributed by atoms with Gasteiger partial charge >= 0.3 is 0 Å². The number of nitrogens with one attached hydrogen (secondary N) is 1. The number of hydrogen-bond donors (Lipinski definition) is 1. The van der Waals surface area contributed by atoms with Crippen molar-refractivity contribution in [3.8, 4) is 0 Å². The van der Waals surface area contributed by atoms with E-state index in [2.05, 4.69) is 33.4 Å². The first-order valence-corrected chi connectivity index (χ1v) is 13.2. The Morgan fingerprint density at radius 2 is 1.42 bits per heavy atom. The lowest BCUT2D eigenvalue weighted by atomic mass is 10.1. The molecule has 0 spiro atoms. The van der Waals surface area contributed by atoms with Crippen LogP contribution in [0.5, 0.6) is 0 Å². The lowest BCUT2D eigenvalue weighted by molar-refractivity contribution is -0.121. The second-order valence-electron chi connectivity index (χ2n) is 8.02. The van der Waals surface area contributed by atoms with Crippen LogP contribution in [0.25, 0.3) is 0 Å². The third-order valence-corrected chi connectivity index (χ3v) is 7.77. The van der Waals surface area contributed by atoms with Crippen LogP contribution >= 0.6 is 15.9 Å². The van der Waals surface area contributed by atoms with Crippen molar-refractivity contribution in [3.05, 3.63) is 101 Å². The second-order valence-corrected chi connectivity index (χ2v) is 10.9. The Bertz CT molecular complexity index is 1120. The Labute approximate surface area is 205 Å². The predicted molar refractivity (Wildman–Crippen MR) is 135 cm³/mol. The molecule has 0 aliphatic heterocycles. The highest BCUT2D eigenvalue weighted by atomic mass is 79.9. The Balaban J connectivity index is 1.67. The quantitative estimate of drug-likeness (QED) is 0.388. The molecule has 3 aromatic rings. The van der Waals surface area contributed by atoms with Gasteiger partial charge in [-0.3, -0.25) is 4.79 Å². The van der Waals surface area contributed by atoms with Crippen molar-refractivity contribution in [3.63, 3.8) is 0 Å². The van der Waals surface area contributed by atoms with Gasteiger partial charge in [0.1, 0.15) is 0 Å². The van der Waals surface area contributed by atoms with Gasteiger partial charge in [-0.1, -0.05) is 76.6 Å². The Morgan fingerprint density at radius 1 is 0.879 bits per heavy atom. The topological polar surface area (TPSA) is 66.5 Å². The van der Waals surface area contributed by atoms with Crippen LogP contribution in [0.15, 0.2) is 94.3 Å². The van der Waals surface area contributed by atoms with E-state index in [1.807, 2.05) is 55.5 Å². The van der Waals surface area contributed by atoms with Crippen LogP contribution in [0, 0.1) is 0 Å². The molecule has 0 fully saturated rings. The Morgan fingerprint density at radius 3 is 2.00 bits per heavy atom. The zero-order chi connectivity index (χ0) is 23.7. The molecule has 5 nitrogen and oxygen atoms in total. The fourth-order valence-corrected chi connectivity index (χ4v) is 5.18. The minimum atomic E-state index is -3.82. The van der Waals surface area contributed by atoms with E-state index in [1.165, 1.54) is 9.87 Å². The summed E-state index contributed by atoms with van der Waals surface area (Å²) >= 11 is 3.34. The van der Waals surface area contributed by atoms with Crippen molar-refractivity contribution in [1.82, 2.24) is 9.62 Å². The molecule has 1 N–H and O–H groups in total. The molecule has 174 valence electrons. The van der Waals surface area contributed by atoms with E-state index in [0.717, 1.165) is 22.9 Å². The van der Waals surface area contributed by atoms with Crippen LogP contribution < -0.4 is 5.32 Å². The van der Waals surface area contributed by atoms with Crippen molar-refractivity contribution in [2.24, 2.45) is 0 Å². The van der Waals surface area contributed by atoms with Crippen molar-refractivity contribution in [2.75, 3.05) is 13.1 Å². The Hall–Kier alpha value is -2.48. The van der Waals surface area contributed by atoms with Gasteiger partial charge < -0.3 is 5.32 Å². The molecular formula is C26H29BrN2O3S. The fraction of sp³-hybridized carbons (Fsp3) is 0.269. The molecule has 33 heavy (non-hydrogen) atoms. The summed E-state index contributed by atoms with van der Waals surface area (Å²) in [6, 6.07) is 26.2. The van der Waals surface area contributed by atoms with Gasteiger partial charge in [0.05, 0.1) is 11.4 Å². The van der Waals surface area contributed by atoms with Gasteiger partial charge in [-0.25, -0.2) is 8.42 Å². The van der Waals surface area contributed by atoms with Crippen molar-refractivity contribution >= 4 is 31.9 Å². The van der Waals surface area contributed by atoms with Crippen LogP contribution in [-0.4, -0.2) is 37.8 Å². The van der Waals surface area contributed by atoms with Gasteiger partial charge in [0.15, 0.2) is 0 Å². The summed E-state index contributed by atoms with van der Waals surface area (Å²) in [7, 11) is -3.82. The number of amides is 1. The number of rotatable bonds is 11. The minimum Gasteiger partial charge on any atom is -0.352 e. The molecule has 0 radical (unpaired) electrons. The van der Waals surface area contributed by atoms with Gasteiger partial charge in [-0.15, -0.1) is 0 Å². The molecule has 1 atom stereocenters. The lowest BCUT2D eigenvalue weighted by Gasteiger charge is -2.23. The summed E-state index contributed by atoms with van der Waals surface area (Å²) in [5.74, 6) is -0.302. The van der Waals surface area contributed by atoms with E-state index in [-0.39, 0.29) is 29.9 Å². The van der Waals surface area contributed by atoms with E-state index in [0.29, 0.717) is 6.42 Å². The summed E-state index contributed by atoms with van der Waals surface area (Å²) in [4.78, 5) is 13.0. The highest BCUT2D eigenvalue weighted by molar-refractivity contribution is 9.10. The van der Waals surface area contributed by atoms with Crippen LogP contribution in [0.2, 0.25) is 0 Å². The minimum absolute atomic E-state index is 0.0657. The Kier molecular flexibility index (Phi) is 9.23. The van der Waals surface area contributed by atoms with Gasteiger partial charge in [0, 0.05) is 17.1 Å². The van der Waals surface area contributed by atoms with Gasteiger partial charge in [-0.2, -0.15) is 4.31 Å². The van der Waals surface area contributed by atoms with Crippen molar-refractivity contribution < 1.29 is 13.2 Å². The van der Waals surface area contributed by atoms with E-state index < -0.39 is 10.0 Å². The number of carbonyl (C=O) groups excluding carboxylic acids is 1. The lowest BCUT2D eigenvalue weighted by Crippen LogP contribution is -2.44. The fourth-order valence-electron chi connectivity index (χ4n) is 3.52. The molecule has 7 heteroatoms. The first-order valence-electron chi connectivity index (χ1n) is 11.0. The number of carbonyl (C=O) groups is 1. The standard InChI is InChI=1S/C26H29BrN2O3S/c1-21(12-13-22-8-4-2-5-9-22)28-26(30)20-29(19-18-23-10-6-3-7-11-23)33(31,32)25-16-14-24(27)15-17-25/h2-11,14-17,21H,12-13,18-20H2,1H3,(H,28,30)/t21-/m1/s1. The molecule has 3 aromatic carbocycles. The van der Waals surface area contributed by atoms with E-state index in [9.17, 15) is 13.2 Å². The van der Waals surface area contributed by atoms with E-state index in [1.54, 1.807) is 24.3 Å². The van der Waals surface area contributed by atoms with E-state index >= 15 is 0 Å². The molecule has 0 saturated heterocycles. The number of halogens is 1. The van der Waals surface area contributed by atoms with Gasteiger partial charge in [0.25, 0.3) is 0 Å². The number of sulfonamides is 1. The summed E-state index contributed by atoms with van der Waals surface area (Å²) in [6.07, 6.45) is 2.14. The number of hydrogen-bond acceptors (Lipinski definition) is 3. The van der Waals surface area contributed by atoms with Gasteiger partial charge in [-0.05, 0) is 61.6 Å². The maximum Gasteiger partial charge on any atom is 0.243 e. The molecule has 0 saturated carbocycles. The van der Waals surface area contributed by atoms with E-state index in [4.69, 9.17) is 0 Å². The average Bonchev–Trinajstić information content (AvgIpc) is 2.82. The monoisotopic (exact) mass is 528 g/mol.